The Morgan fingerprint density at radius 1 is 1.33 bits per heavy atom. The fourth-order valence-electron chi connectivity index (χ4n) is 1.73. The molecule has 4 heteroatoms. The third-order valence-electron chi connectivity index (χ3n) is 2.64. The Balaban J connectivity index is 2.47. The number of ether oxygens (including phenoxy) is 2. The van der Waals surface area contributed by atoms with Gasteiger partial charge >= 0.3 is 0 Å². The van der Waals surface area contributed by atoms with Crippen LogP contribution in [-0.4, -0.2) is 31.5 Å². The van der Waals surface area contributed by atoms with Gasteiger partial charge in [-0.05, 0) is 36.6 Å². The number of aliphatic hydroxyl groups excluding tert-OH is 1. The van der Waals surface area contributed by atoms with E-state index in [0.717, 1.165) is 24.3 Å². The molecule has 0 aromatic heterocycles. The van der Waals surface area contributed by atoms with Crippen molar-refractivity contribution in [3.8, 4) is 5.75 Å². The van der Waals surface area contributed by atoms with Gasteiger partial charge in [0.05, 0.1) is 13.2 Å². The van der Waals surface area contributed by atoms with E-state index in [1.807, 2.05) is 12.1 Å². The lowest BCUT2D eigenvalue weighted by atomic mass is 10.0. The minimum absolute atomic E-state index is 0.436. The first-order chi connectivity index (χ1) is 8.67. The highest BCUT2D eigenvalue weighted by Crippen LogP contribution is 2.24. The van der Waals surface area contributed by atoms with Crippen molar-refractivity contribution in [1.29, 1.82) is 0 Å². The topological polar surface area (TPSA) is 38.7 Å². The normalized spacial score (nSPS) is 12.4. The summed E-state index contributed by atoms with van der Waals surface area (Å²) in [7, 11) is 1.61. The lowest BCUT2D eigenvalue weighted by Crippen LogP contribution is -2.14. The molecule has 102 valence electrons. The molecule has 0 heterocycles. The minimum Gasteiger partial charge on any atom is -0.496 e. The Bertz CT molecular complexity index is 355. The maximum Gasteiger partial charge on any atom is 0.122 e. The van der Waals surface area contributed by atoms with Gasteiger partial charge in [-0.3, -0.25) is 0 Å². The summed E-state index contributed by atoms with van der Waals surface area (Å²) in [5, 5.41) is 10.6. The summed E-state index contributed by atoms with van der Waals surface area (Å²) in [6.45, 7) is 3.39. The number of halogens is 1. The zero-order chi connectivity index (χ0) is 13.4. The average molecular weight is 273 g/mol. The first-order valence-corrected chi connectivity index (χ1v) is 6.63. The molecule has 1 unspecified atom stereocenters. The standard InChI is InChI=1S/C14H21ClO3/c1-3-7-18-8-6-13(16)10-11-9-12(15)4-5-14(11)17-2/h4-5,9,13,16H,3,6-8,10H2,1-2H3. The quantitative estimate of drug-likeness (QED) is 0.739. The van der Waals surface area contributed by atoms with E-state index in [-0.39, 0.29) is 0 Å². The summed E-state index contributed by atoms with van der Waals surface area (Å²) in [4.78, 5) is 0. The van der Waals surface area contributed by atoms with Crippen molar-refractivity contribution >= 4 is 11.6 Å². The van der Waals surface area contributed by atoms with Crippen LogP contribution in [0.5, 0.6) is 5.75 Å². The van der Waals surface area contributed by atoms with Crippen molar-refractivity contribution in [3.05, 3.63) is 28.8 Å². The van der Waals surface area contributed by atoms with Crippen LogP contribution in [0, 0.1) is 0 Å². The van der Waals surface area contributed by atoms with Gasteiger partial charge < -0.3 is 14.6 Å². The van der Waals surface area contributed by atoms with E-state index >= 15 is 0 Å². The molecule has 1 aromatic rings. The second-order valence-corrected chi connectivity index (χ2v) is 4.65. The highest BCUT2D eigenvalue weighted by molar-refractivity contribution is 6.30. The van der Waals surface area contributed by atoms with E-state index in [1.54, 1.807) is 13.2 Å². The highest BCUT2D eigenvalue weighted by Gasteiger charge is 2.10. The van der Waals surface area contributed by atoms with Crippen molar-refractivity contribution in [1.82, 2.24) is 0 Å². The highest BCUT2D eigenvalue weighted by atomic mass is 35.5. The zero-order valence-corrected chi connectivity index (χ0v) is 11.7. The second kappa shape index (κ2) is 8.35. The van der Waals surface area contributed by atoms with Crippen LogP contribution in [0.3, 0.4) is 0 Å². The summed E-state index contributed by atoms with van der Waals surface area (Å²) in [6, 6.07) is 5.43. The minimum atomic E-state index is -0.436. The van der Waals surface area contributed by atoms with Crippen molar-refractivity contribution in [2.24, 2.45) is 0 Å². The molecule has 1 atom stereocenters. The number of rotatable bonds is 8. The molecule has 0 aliphatic carbocycles. The molecule has 0 bridgehead atoms. The van der Waals surface area contributed by atoms with Gasteiger partial charge in [0.1, 0.15) is 5.75 Å². The van der Waals surface area contributed by atoms with Crippen LogP contribution in [0.2, 0.25) is 5.02 Å². The van der Waals surface area contributed by atoms with Crippen molar-refractivity contribution < 1.29 is 14.6 Å². The summed E-state index contributed by atoms with van der Waals surface area (Å²) < 4.78 is 10.6. The fourth-order valence-corrected chi connectivity index (χ4v) is 1.92. The van der Waals surface area contributed by atoms with Crippen molar-refractivity contribution in [3.63, 3.8) is 0 Å². The van der Waals surface area contributed by atoms with Gasteiger partial charge in [-0.1, -0.05) is 18.5 Å². The number of benzene rings is 1. The molecular weight excluding hydrogens is 252 g/mol. The molecule has 0 fully saturated rings. The van der Waals surface area contributed by atoms with E-state index < -0.39 is 6.10 Å². The number of aliphatic hydroxyl groups is 1. The Morgan fingerprint density at radius 2 is 2.11 bits per heavy atom. The lowest BCUT2D eigenvalue weighted by molar-refractivity contribution is 0.0821. The molecule has 0 saturated carbocycles. The van der Waals surface area contributed by atoms with E-state index in [2.05, 4.69) is 6.92 Å². The SMILES string of the molecule is CCCOCCC(O)Cc1cc(Cl)ccc1OC. The van der Waals surface area contributed by atoms with Gasteiger partial charge in [-0.15, -0.1) is 0 Å². The molecule has 0 aliphatic heterocycles. The summed E-state index contributed by atoms with van der Waals surface area (Å²) >= 11 is 5.94. The molecule has 0 spiro atoms. The first-order valence-electron chi connectivity index (χ1n) is 6.25. The van der Waals surface area contributed by atoms with Crippen LogP contribution in [0.4, 0.5) is 0 Å². The predicted molar refractivity (Wildman–Crippen MR) is 73.4 cm³/mol. The monoisotopic (exact) mass is 272 g/mol. The first kappa shape index (κ1) is 15.3. The van der Waals surface area contributed by atoms with Gasteiger partial charge in [-0.2, -0.15) is 0 Å². The third kappa shape index (κ3) is 5.25. The number of hydrogen-bond donors (Lipinski definition) is 1. The van der Waals surface area contributed by atoms with E-state index in [9.17, 15) is 5.11 Å². The van der Waals surface area contributed by atoms with Crippen LogP contribution in [-0.2, 0) is 11.2 Å². The molecule has 1 aromatic carbocycles. The van der Waals surface area contributed by atoms with Crippen molar-refractivity contribution in [2.45, 2.75) is 32.3 Å². The molecule has 1 rings (SSSR count). The maximum atomic E-state index is 9.93. The summed E-state index contributed by atoms with van der Waals surface area (Å²) in [5.41, 5.74) is 0.924. The molecule has 0 aliphatic rings. The third-order valence-corrected chi connectivity index (χ3v) is 2.88. The van der Waals surface area contributed by atoms with Crippen LogP contribution in [0.1, 0.15) is 25.3 Å². The molecule has 0 radical (unpaired) electrons. The van der Waals surface area contributed by atoms with Gasteiger partial charge in [0.25, 0.3) is 0 Å². The molecule has 0 saturated heterocycles. The van der Waals surface area contributed by atoms with Gasteiger partial charge in [0, 0.05) is 24.7 Å². The molecule has 3 nitrogen and oxygen atoms in total. The fraction of sp³-hybridized carbons (Fsp3) is 0.571. The molecule has 18 heavy (non-hydrogen) atoms. The van der Waals surface area contributed by atoms with Crippen LogP contribution >= 0.6 is 11.6 Å². The lowest BCUT2D eigenvalue weighted by Gasteiger charge is -2.13. The van der Waals surface area contributed by atoms with Gasteiger partial charge in [0.15, 0.2) is 0 Å². The van der Waals surface area contributed by atoms with E-state index in [4.69, 9.17) is 21.1 Å². The Kier molecular flexibility index (Phi) is 7.09. The summed E-state index contributed by atoms with van der Waals surface area (Å²) in [5.74, 6) is 0.757. The molecule has 0 amide bonds. The number of methoxy groups -OCH3 is 1. The van der Waals surface area contributed by atoms with Crippen molar-refractivity contribution in [2.75, 3.05) is 20.3 Å². The maximum absolute atomic E-state index is 9.93. The summed E-state index contributed by atoms with van der Waals surface area (Å²) in [6.07, 6.45) is 1.71. The Hall–Kier alpha value is -0.770. The van der Waals surface area contributed by atoms with Crippen LogP contribution in [0.25, 0.3) is 0 Å². The predicted octanol–water partition coefficient (Wildman–Crippen LogP) is 3.07. The largest absolute Gasteiger partial charge is 0.496 e. The molecular formula is C14H21ClO3. The van der Waals surface area contributed by atoms with Crippen LogP contribution < -0.4 is 4.74 Å². The van der Waals surface area contributed by atoms with E-state index in [0.29, 0.717) is 24.5 Å². The van der Waals surface area contributed by atoms with Gasteiger partial charge in [0.2, 0.25) is 0 Å². The molecule has 1 N–H and O–H groups in total. The average Bonchev–Trinajstić information content (AvgIpc) is 2.35. The second-order valence-electron chi connectivity index (χ2n) is 4.22. The van der Waals surface area contributed by atoms with Crippen LogP contribution in [0.15, 0.2) is 18.2 Å². The Labute approximate surface area is 114 Å². The smallest absolute Gasteiger partial charge is 0.122 e. The Morgan fingerprint density at radius 3 is 2.78 bits per heavy atom. The van der Waals surface area contributed by atoms with Gasteiger partial charge in [-0.25, -0.2) is 0 Å². The zero-order valence-electron chi connectivity index (χ0n) is 11.0. The number of hydrogen-bond acceptors (Lipinski definition) is 3. The van der Waals surface area contributed by atoms with E-state index in [1.165, 1.54) is 0 Å².